The zero-order valence-corrected chi connectivity index (χ0v) is 11.9. The summed E-state index contributed by atoms with van der Waals surface area (Å²) in [6, 6.07) is 2.85. The highest BCUT2D eigenvalue weighted by molar-refractivity contribution is 5.09. The van der Waals surface area contributed by atoms with Crippen LogP contribution >= 0.6 is 0 Å². The van der Waals surface area contributed by atoms with Gasteiger partial charge in [0.05, 0.1) is 24.5 Å². The van der Waals surface area contributed by atoms with Gasteiger partial charge in [0.25, 0.3) is 0 Å². The van der Waals surface area contributed by atoms with Gasteiger partial charge in [0, 0.05) is 25.6 Å². The van der Waals surface area contributed by atoms with Crippen LogP contribution in [0.5, 0.6) is 0 Å². The zero-order valence-electron chi connectivity index (χ0n) is 11.9. The first-order valence-corrected chi connectivity index (χ1v) is 7.02. The van der Waals surface area contributed by atoms with Crippen LogP contribution in [0, 0.1) is 11.7 Å². The van der Waals surface area contributed by atoms with Gasteiger partial charge in [-0.05, 0) is 12.1 Å². The van der Waals surface area contributed by atoms with Crippen molar-refractivity contribution in [2.24, 2.45) is 5.92 Å². The Labute approximate surface area is 122 Å². The van der Waals surface area contributed by atoms with Gasteiger partial charge < -0.3 is 9.67 Å². The van der Waals surface area contributed by atoms with Crippen molar-refractivity contribution in [2.45, 2.75) is 26.1 Å². The third kappa shape index (κ3) is 3.08. The number of rotatable bonds is 4. The molecule has 0 aliphatic carbocycles. The average Bonchev–Trinajstić information content (AvgIpc) is 2.95. The second kappa shape index (κ2) is 5.87. The lowest BCUT2D eigenvalue weighted by atomic mass is 10.0. The van der Waals surface area contributed by atoms with Crippen LogP contribution in [0.2, 0.25) is 0 Å². The number of fused-ring (bicyclic) bond motifs is 1. The van der Waals surface area contributed by atoms with Crippen molar-refractivity contribution in [2.75, 3.05) is 13.1 Å². The Morgan fingerprint density at radius 1 is 1.38 bits per heavy atom. The molecule has 0 saturated carbocycles. The van der Waals surface area contributed by atoms with E-state index < -0.39 is 11.9 Å². The van der Waals surface area contributed by atoms with E-state index in [9.17, 15) is 9.50 Å². The molecular formula is C14H18FN5O. The van der Waals surface area contributed by atoms with E-state index in [1.165, 1.54) is 12.1 Å². The first-order valence-electron chi connectivity index (χ1n) is 7.02. The highest BCUT2D eigenvalue weighted by Gasteiger charge is 2.23. The lowest BCUT2D eigenvalue weighted by Crippen LogP contribution is -2.37. The predicted octanol–water partition coefficient (Wildman–Crippen LogP) is 0.997. The standard InChI is InChI=1S/C14H18FN5O/c1-10(14(21)12-3-2-11(15)6-16-12)7-19-4-5-20-9-17-18-13(20)8-19/h2-3,6,9-10,14,21H,4-5,7-8H2,1H3. The molecule has 21 heavy (non-hydrogen) atoms. The summed E-state index contributed by atoms with van der Waals surface area (Å²) in [6.07, 6.45) is 2.17. The Morgan fingerprint density at radius 2 is 2.24 bits per heavy atom. The largest absolute Gasteiger partial charge is 0.386 e. The van der Waals surface area contributed by atoms with Gasteiger partial charge >= 0.3 is 0 Å². The summed E-state index contributed by atoms with van der Waals surface area (Å²) in [4.78, 5) is 6.19. The maximum absolute atomic E-state index is 12.9. The minimum Gasteiger partial charge on any atom is -0.386 e. The van der Waals surface area contributed by atoms with Gasteiger partial charge in [-0.1, -0.05) is 6.92 Å². The Hall–Kier alpha value is -1.86. The minimum absolute atomic E-state index is 0.00238. The lowest BCUT2D eigenvalue weighted by Gasteiger charge is -2.30. The summed E-state index contributed by atoms with van der Waals surface area (Å²) in [5, 5.41) is 18.3. The first kappa shape index (κ1) is 14.1. The van der Waals surface area contributed by atoms with Crippen LogP contribution < -0.4 is 0 Å². The molecule has 2 atom stereocenters. The number of aliphatic hydroxyl groups is 1. The van der Waals surface area contributed by atoms with Crippen molar-refractivity contribution in [3.8, 4) is 0 Å². The summed E-state index contributed by atoms with van der Waals surface area (Å²) in [6.45, 7) is 5.19. The third-order valence-electron chi connectivity index (χ3n) is 3.86. The van der Waals surface area contributed by atoms with E-state index in [1.807, 2.05) is 11.5 Å². The highest BCUT2D eigenvalue weighted by Crippen LogP contribution is 2.22. The van der Waals surface area contributed by atoms with Gasteiger partial charge in [-0.15, -0.1) is 10.2 Å². The number of hydrogen-bond donors (Lipinski definition) is 1. The Balaban J connectivity index is 1.61. The van der Waals surface area contributed by atoms with E-state index in [0.717, 1.165) is 38.2 Å². The molecule has 0 fully saturated rings. The van der Waals surface area contributed by atoms with Crippen LogP contribution in [-0.4, -0.2) is 42.8 Å². The van der Waals surface area contributed by atoms with Crippen LogP contribution in [0.25, 0.3) is 0 Å². The van der Waals surface area contributed by atoms with Gasteiger partial charge in [-0.3, -0.25) is 9.88 Å². The summed E-state index contributed by atoms with van der Waals surface area (Å²) >= 11 is 0. The quantitative estimate of drug-likeness (QED) is 0.910. The number of pyridine rings is 1. The van der Waals surface area contributed by atoms with Gasteiger partial charge in [0.15, 0.2) is 0 Å². The van der Waals surface area contributed by atoms with Crippen molar-refractivity contribution >= 4 is 0 Å². The molecule has 7 heteroatoms. The van der Waals surface area contributed by atoms with Crippen LogP contribution in [0.1, 0.15) is 24.5 Å². The molecular weight excluding hydrogens is 273 g/mol. The molecule has 0 spiro atoms. The van der Waals surface area contributed by atoms with Crippen molar-refractivity contribution in [1.29, 1.82) is 0 Å². The van der Waals surface area contributed by atoms with Gasteiger partial charge in [-0.2, -0.15) is 0 Å². The molecule has 0 aromatic carbocycles. The molecule has 2 aromatic heterocycles. The number of aliphatic hydroxyl groups excluding tert-OH is 1. The fourth-order valence-electron chi connectivity index (χ4n) is 2.63. The fraction of sp³-hybridized carbons (Fsp3) is 0.500. The van der Waals surface area contributed by atoms with Crippen molar-refractivity contribution < 1.29 is 9.50 Å². The number of nitrogens with zero attached hydrogens (tertiary/aromatic N) is 5. The summed E-state index contributed by atoms with van der Waals surface area (Å²) < 4.78 is 14.9. The summed E-state index contributed by atoms with van der Waals surface area (Å²) in [7, 11) is 0. The van der Waals surface area contributed by atoms with E-state index >= 15 is 0 Å². The van der Waals surface area contributed by atoms with Crippen LogP contribution in [0.4, 0.5) is 4.39 Å². The predicted molar refractivity (Wildman–Crippen MR) is 73.6 cm³/mol. The van der Waals surface area contributed by atoms with E-state index in [-0.39, 0.29) is 5.92 Å². The molecule has 1 N–H and O–H groups in total. The maximum atomic E-state index is 12.9. The highest BCUT2D eigenvalue weighted by atomic mass is 19.1. The number of hydrogen-bond acceptors (Lipinski definition) is 5. The molecule has 3 rings (SSSR count). The molecule has 112 valence electrons. The smallest absolute Gasteiger partial charge is 0.147 e. The first-order chi connectivity index (χ1) is 10.1. The SMILES string of the molecule is CC(CN1CCn2cnnc2C1)C(O)c1ccc(F)cn1. The number of aromatic nitrogens is 4. The Bertz CT molecular complexity index is 600. The second-order valence-electron chi connectivity index (χ2n) is 5.50. The zero-order chi connectivity index (χ0) is 14.8. The van der Waals surface area contributed by atoms with E-state index in [0.29, 0.717) is 5.69 Å². The van der Waals surface area contributed by atoms with Crippen molar-refractivity contribution in [3.63, 3.8) is 0 Å². The number of halogens is 1. The molecule has 0 amide bonds. The van der Waals surface area contributed by atoms with E-state index in [2.05, 4.69) is 20.1 Å². The Kier molecular flexibility index (Phi) is 3.94. The second-order valence-corrected chi connectivity index (χ2v) is 5.50. The summed E-state index contributed by atoms with van der Waals surface area (Å²) in [5.41, 5.74) is 0.504. The topological polar surface area (TPSA) is 67.1 Å². The minimum atomic E-state index is -0.703. The van der Waals surface area contributed by atoms with Gasteiger partial charge in [0.1, 0.15) is 18.0 Å². The van der Waals surface area contributed by atoms with Gasteiger partial charge in [-0.25, -0.2) is 4.39 Å². The molecule has 1 aliphatic heterocycles. The fourth-order valence-corrected chi connectivity index (χ4v) is 2.63. The van der Waals surface area contributed by atoms with Crippen molar-refractivity contribution in [1.82, 2.24) is 24.6 Å². The normalized spacial score (nSPS) is 18.2. The maximum Gasteiger partial charge on any atom is 0.147 e. The summed E-state index contributed by atoms with van der Waals surface area (Å²) in [5.74, 6) is 0.550. The average molecular weight is 291 g/mol. The molecule has 2 aromatic rings. The van der Waals surface area contributed by atoms with E-state index in [4.69, 9.17) is 0 Å². The molecule has 0 saturated heterocycles. The molecule has 0 radical (unpaired) electrons. The molecule has 3 heterocycles. The van der Waals surface area contributed by atoms with Crippen LogP contribution in [0.15, 0.2) is 24.7 Å². The third-order valence-corrected chi connectivity index (χ3v) is 3.86. The molecule has 0 bridgehead atoms. The molecule has 2 unspecified atom stereocenters. The molecule has 1 aliphatic rings. The monoisotopic (exact) mass is 291 g/mol. The van der Waals surface area contributed by atoms with Crippen LogP contribution in [0.3, 0.4) is 0 Å². The van der Waals surface area contributed by atoms with Crippen molar-refractivity contribution in [3.05, 3.63) is 42.0 Å². The van der Waals surface area contributed by atoms with E-state index in [1.54, 1.807) is 6.33 Å². The van der Waals surface area contributed by atoms with Crippen LogP contribution in [-0.2, 0) is 13.1 Å². The lowest BCUT2D eigenvalue weighted by molar-refractivity contribution is 0.0758. The molecule has 6 nitrogen and oxygen atoms in total. The van der Waals surface area contributed by atoms with Gasteiger partial charge in [0.2, 0.25) is 0 Å². The Morgan fingerprint density at radius 3 is 3.00 bits per heavy atom.